The van der Waals surface area contributed by atoms with Crippen molar-refractivity contribution in [3.05, 3.63) is 71.9 Å². The van der Waals surface area contributed by atoms with Crippen LogP contribution in [0.4, 0.5) is 5.82 Å². The van der Waals surface area contributed by atoms with Crippen LogP contribution in [0.2, 0.25) is 0 Å². The van der Waals surface area contributed by atoms with E-state index >= 15 is 0 Å². The largest absolute Gasteiger partial charge is 0.490 e. The van der Waals surface area contributed by atoms with Gasteiger partial charge in [0.05, 0.1) is 19.3 Å². The first-order valence-electron chi connectivity index (χ1n) is 12.2. The van der Waals surface area contributed by atoms with Crippen molar-refractivity contribution in [1.82, 2.24) is 9.78 Å². The van der Waals surface area contributed by atoms with E-state index in [-0.39, 0.29) is 24.4 Å². The number of aromatic nitrogens is 2. The van der Waals surface area contributed by atoms with Crippen molar-refractivity contribution in [2.75, 3.05) is 32.3 Å². The minimum atomic E-state index is -2.82. The first-order chi connectivity index (χ1) is 17.7. The molecule has 0 radical (unpaired) electrons. The van der Waals surface area contributed by atoms with Gasteiger partial charge in [0.2, 0.25) is 7.37 Å². The molecule has 1 aromatic heterocycles. The maximum atomic E-state index is 13.1. The quantitative estimate of drug-likeness (QED) is 0.277. The molecular formula is C27H36N3O6P. The van der Waals surface area contributed by atoms with Crippen molar-refractivity contribution >= 4 is 19.1 Å². The molecule has 1 amide bonds. The van der Waals surface area contributed by atoms with Crippen LogP contribution in [0.5, 0.6) is 11.5 Å². The molecule has 1 heterocycles. The molecule has 2 aromatic carbocycles. The number of nitrogens with zero attached hydrogens (tertiary/aromatic N) is 2. The number of hydrogen-bond acceptors (Lipinski definition) is 7. The maximum absolute atomic E-state index is 13.1. The van der Waals surface area contributed by atoms with Crippen molar-refractivity contribution < 1.29 is 28.1 Å². The summed E-state index contributed by atoms with van der Waals surface area (Å²) in [5, 5.41) is 7.09. The van der Waals surface area contributed by atoms with Crippen LogP contribution in [0.3, 0.4) is 0 Å². The summed E-state index contributed by atoms with van der Waals surface area (Å²) < 4.78 is 36.6. The minimum absolute atomic E-state index is 0.120. The number of nitrogens with one attached hydrogen (secondary N) is 1. The summed E-state index contributed by atoms with van der Waals surface area (Å²) >= 11 is 0. The smallest absolute Gasteiger partial charge is 0.257 e. The molecule has 3 atom stereocenters. The second-order valence-corrected chi connectivity index (χ2v) is 11.5. The molecule has 0 bridgehead atoms. The Morgan fingerprint density at radius 1 is 1.05 bits per heavy atom. The van der Waals surface area contributed by atoms with E-state index in [0.717, 1.165) is 5.56 Å². The van der Waals surface area contributed by atoms with Crippen LogP contribution < -0.4 is 14.8 Å². The van der Waals surface area contributed by atoms with Gasteiger partial charge in [-0.25, -0.2) is 0 Å². The van der Waals surface area contributed by atoms with Gasteiger partial charge in [-0.05, 0) is 38.5 Å². The molecule has 0 spiro atoms. The van der Waals surface area contributed by atoms with E-state index in [4.69, 9.17) is 18.7 Å². The van der Waals surface area contributed by atoms with Crippen LogP contribution in [0, 0.1) is 0 Å². The third kappa shape index (κ3) is 9.35. The zero-order valence-corrected chi connectivity index (χ0v) is 22.9. The van der Waals surface area contributed by atoms with Gasteiger partial charge in [0.1, 0.15) is 23.9 Å². The number of carbonyl (C=O) groups is 1. The minimum Gasteiger partial charge on any atom is -0.490 e. The van der Waals surface area contributed by atoms with E-state index in [1.807, 2.05) is 32.0 Å². The second kappa shape index (κ2) is 13.4. The number of hydrogen-bond donors (Lipinski definition) is 1. The van der Waals surface area contributed by atoms with E-state index < -0.39 is 7.37 Å². The topological polar surface area (TPSA) is 101 Å². The molecule has 9 nitrogen and oxygen atoms in total. The zero-order valence-electron chi connectivity index (χ0n) is 22.0. The maximum Gasteiger partial charge on any atom is 0.257 e. The molecule has 200 valence electrons. The molecule has 0 aliphatic carbocycles. The van der Waals surface area contributed by atoms with Crippen molar-refractivity contribution in [1.29, 1.82) is 0 Å². The molecule has 37 heavy (non-hydrogen) atoms. The number of ether oxygens (including phenoxy) is 3. The van der Waals surface area contributed by atoms with Crippen LogP contribution >= 0.6 is 7.37 Å². The Bertz CT molecular complexity index is 1200. The molecule has 0 unspecified atom stereocenters. The highest BCUT2D eigenvalue weighted by Crippen LogP contribution is 2.43. The van der Waals surface area contributed by atoms with Gasteiger partial charge in [0.15, 0.2) is 5.82 Å². The highest BCUT2D eigenvalue weighted by Gasteiger charge is 2.18. The van der Waals surface area contributed by atoms with E-state index in [1.165, 1.54) is 4.68 Å². The van der Waals surface area contributed by atoms with Gasteiger partial charge in [-0.2, -0.15) is 5.10 Å². The number of methoxy groups -OCH3 is 1. The van der Waals surface area contributed by atoms with Crippen LogP contribution in [0.1, 0.15) is 36.7 Å². The lowest BCUT2D eigenvalue weighted by molar-refractivity contribution is 0.0913. The molecule has 0 saturated carbocycles. The Morgan fingerprint density at radius 2 is 1.73 bits per heavy atom. The number of amides is 1. The lowest BCUT2D eigenvalue weighted by atomic mass is 10.1. The Kier molecular flexibility index (Phi) is 10.3. The van der Waals surface area contributed by atoms with Gasteiger partial charge in [-0.1, -0.05) is 30.3 Å². The normalized spacial score (nSPS) is 14.4. The predicted molar refractivity (Wildman–Crippen MR) is 144 cm³/mol. The molecule has 0 aliphatic heterocycles. The van der Waals surface area contributed by atoms with Gasteiger partial charge in [0.25, 0.3) is 5.91 Å². The van der Waals surface area contributed by atoms with Crippen molar-refractivity contribution in [3.8, 4) is 11.5 Å². The van der Waals surface area contributed by atoms with Crippen LogP contribution in [0.15, 0.2) is 60.8 Å². The monoisotopic (exact) mass is 529 g/mol. The summed E-state index contributed by atoms with van der Waals surface area (Å²) in [5.41, 5.74) is 1.51. The van der Waals surface area contributed by atoms with Gasteiger partial charge < -0.3 is 24.1 Å². The van der Waals surface area contributed by atoms with E-state index in [1.54, 1.807) is 51.2 Å². The van der Waals surface area contributed by atoms with Crippen molar-refractivity contribution in [2.24, 2.45) is 0 Å². The van der Waals surface area contributed by atoms with Crippen molar-refractivity contribution in [2.45, 2.75) is 45.7 Å². The molecule has 1 N–H and O–H groups in total. The summed E-state index contributed by atoms with van der Waals surface area (Å²) in [6, 6.07) is 16.8. The fourth-order valence-electron chi connectivity index (χ4n) is 3.83. The summed E-state index contributed by atoms with van der Waals surface area (Å²) in [4.78, 5) is 13.1. The number of benzene rings is 2. The molecular weight excluding hydrogens is 493 g/mol. The summed E-state index contributed by atoms with van der Waals surface area (Å²) in [6.45, 7) is 7.98. The average molecular weight is 530 g/mol. The highest BCUT2D eigenvalue weighted by atomic mass is 31.2. The third-order valence-electron chi connectivity index (χ3n) is 5.27. The number of rotatable bonds is 14. The van der Waals surface area contributed by atoms with E-state index in [9.17, 15) is 9.36 Å². The number of anilines is 1. The first kappa shape index (κ1) is 28.4. The van der Waals surface area contributed by atoms with Crippen LogP contribution in [-0.2, 0) is 26.5 Å². The van der Waals surface area contributed by atoms with Crippen LogP contribution in [-0.4, -0.2) is 54.9 Å². The summed E-state index contributed by atoms with van der Waals surface area (Å²) in [7, 11) is -1.22. The van der Waals surface area contributed by atoms with Crippen molar-refractivity contribution in [3.63, 3.8) is 0 Å². The lowest BCUT2D eigenvalue weighted by Gasteiger charge is -2.19. The standard InChI is InChI=1S/C27H36N3O6P/c1-6-34-37(5,32)19-30-13-12-26(29-30)28-27(31)23-15-24(17-25(16-23)36-21(3)18-33-4)35-20(2)14-22-10-8-7-9-11-22/h7-13,15-17,20-21H,6,14,18-19H2,1-5H3,(H,28,29,31)/t20-,21-,37+/m0/s1. The van der Waals surface area contributed by atoms with Crippen LogP contribution in [0.25, 0.3) is 0 Å². The predicted octanol–water partition coefficient (Wildman–Crippen LogP) is 5.46. The van der Waals surface area contributed by atoms with Gasteiger partial charge in [-0.15, -0.1) is 0 Å². The summed E-state index contributed by atoms with van der Waals surface area (Å²) in [5.74, 6) is 0.971. The zero-order chi connectivity index (χ0) is 26.8. The number of carbonyl (C=O) groups excluding carboxylic acids is 1. The SMILES string of the molecule is CCO[P@@](C)(=O)Cn1ccc(NC(=O)c2cc(O[C@@H](C)COC)cc(O[C@@H](C)Cc3ccccc3)c2)n1. The lowest BCUT2D eigenvalue weighted by Crippen LogP contribution is -2.20. The molecule has 10 heteroatoms. The molecule has 3 aromatic rings. The molecule has 0 aliphatic rings. The fraction of sp³-hybridized carbons (Fsp3) is 0.407. The van der Waals surface area contributed by atoms with E-state index in [2.05, 4.69) is 22.5 Å². The molecule has 0 fully saturated rings. The molecule has 0 saturated heterocycles. The van der Waals surface area contributed by atoms with Gasteiger partial charge in [-0.3, -0.25) is 14.0 Å². The Balaban J connectivity index is 1.76. The van der Waals surface area contributed by atoms with E-state index in [0.29, 0.717) is 42.5 Å². The average Bonchev–Trinajstić information content (AvgIpc) is 3.25. The van der Waals surface area contributed by atoms with Gasteiger partial charge in [0, 0.05) is 44.1 Å². The Labute approximate surface area is 218 Å². The fourth-order valence-corrected chi connectivity index (χ4v) is 5.14. The second-order valence-electron chi connectivity index (χ2n) is 8.96. The molecule has 3 rings (SSSR count). The summed E-state index contributed by atoms with van der Waals surface area (Å²) in [6.07, 6.45) is 2.14. The Hall–Kier alpha value is -3.13. The third-order valence-corrected chi connectivity index (χ3v) is 6.88. The highest BCUT2D eigenvalue weighted by molar-refractivity contribution is 7.57. The first-order valence-corrected chi connectivity index (χ1v) is 14.5. The Morgan fingerprint density at radius 3 is 2.38 bits per heavy atom. The van der Waals surface area contributed by atoms with Gasteiger partial charge >= 0.3 is 0 Å².